The summed E-state index contributed by atoms with van der Waals surface area (Å²) in [7, 11) is 0. The van der Waals surface area contributed by atoms with Gasteiger partial charge in [0.2, 0.25) is 0 Å². The highest BCUT2D eigenvalue weighted by molar-refractivity contribution is 5.18. The van der Waals surface area contributed by atoms with Crippen LogP contribution in [0.1, 0.15) is 25.5 Å². The second-order valence-electron chi connectivity index (χ2n) is 4.74. The zero-order valence-electron chi connectivity index (χ0n) is 11.0. The van der Waals surface area contributed by atoms with Gasteiger partial charge in [0.25, 0.3) is 0 Å². The fourth-order valence-corrected chi connectivity index (χ4v) is 1.50. The molecule has 0 radical (unpaired) electrons. The first-order chi connectivity index (χ1) is 8.59. The molecule has 1 unspecified atom stereocenters. The van der Waals surface area contributed by atoms with Crippen LogP contribution in [0.4, 0.5) is 4.39 Å². The molecule has 4 heteroatoms. The average molecular weight is 255 g/mol. The Morgan fingerprint density at radius 1 is 1.28 bits per heavy atom. The Labute approximate surface area is 108 Å². The van der Waals surface area contributed by atoms with Crippen molar-refractivity contribution in [3.8, 4) is 0 Å². The molecule has 0 saturated carbocycles. The van der Waals surface area contributed by atoms with Crippen LogP contribution in [0.5, 0.6) is 0 Å². The minimum absolute atomic E-state index is 0.291. The second kappa shape index (κ2) is 8.19. The number of halogens is 1. The topological polar surface area (TPSA) is 41.5 Å². The van der Waals surface area contributed by atoms with Gasteiger partial charge in [-0.05, 0) is 23.6 Å². The smallest absolute Gasteiger partial charge is 0.123 e. The lowest BCUT2D eigenvalue weighted by atomic mass is 10.1. The maximum Gasteiger partial charge on any atom is 0.123 e. The molecule has 1 aromatic rings. The van der Waals surface area contributed by atoms with Gasteiger partial charge in [-0.15, -0.1) is 0 Å². The van der Waals surface area contributed by atoms with E-state index in [0.29, 0.717) is 31.2 Å². The highest BCUT2D eigenvalue weighted by Crippen LogP contribution is 2.12. The van der Waals surface area contributed by atoms with E-state index in [-0.39, 0.29) is 5.82 Å². The van der Waals surface area contributed by atoms with Crippen LogP contribution in [0.2, 0.25) is 0 Å². The summed E-state index contributed by atoms with van der Waals surface area (Å²) in [5, 5.41) is 12.9. The first-order valence-corrected chi connectivity index (χ1v) is 6.31. The fourth-order valence-electron chi connectivity index (χ4n) is 1.50. The van der Waals surface area contributed by atoms with Crippen molar-refractivity contribution in [2.75, 3.05) is 26.3 Å². The SMILES string of the molecule is CC(C)COCCNCC(O)c1ccc(F)cc1. The Bertz CT molecular complexity index is 327. The number of nitrogens with one attached hydrogen (secondary N) is 1. The summed E-state index contributed by atoms with van der Waals surface area (Å²) < 4.78 is 18.1. The summed E-state index contributed by atoms with van der Waals surface area (Å²) in [6.45, 7) is 6.73. The molecule has 1 aromatic carbocycles. The van der Waals surface area contributed by atoms with Crippen LogP contribution < -0.4 is 5.32 Å². The molecule has 0 aliphatic carbocycles. The van der Waals surface area contributed by atoms with Crippen LogP contribution in [0.15, 0.2) is 24.3 Å². The van der Waals surface area contributed by atoms with Crippen molar-refractivity contribution in [1.29, 1.82) is 0 Å². The number of aliphatic hydroxyl groups excluding tert-OH is 1. The number of ether oxygens (including phenoxy) is 1. The molecule has 18 heavy (non-hydrogen) atoms. The van der Waals surface area contributed by atoms with Gasteiger partial charge in [-0.1, -0.05) is 26.0 Å². The molecule has 102 valence electrons. The molecule has 0 aliphatic rings. The molecule has 0 heterocycles. The fraction of sp³-hybridized carbons (Fsp3) is 0.571. The third kappa shape index (κ3) is 6.10. The lowest BCUT2D eigenvalue weighted by Gasteiger charge is -2.12. The van der Waals surface area contributed by atoms with Crippen molar-refractivity contribution in [3.05, 3.63) is 35.6 Å². The third-order valence-corrected chi connectivity index (χ3v) is 2.47. The van der Waals surface area contributed by atoms with E-state index in [9.17, 15) is 9.50 Å². The molecule has 0 spiro atoms. The van der Waals surface area contributed by atoms with Crippen LogP contribution in [-0.2, 0) is 4.74 Å². The zero-order valence-corrected chi connectivity index (χ0v) is 11.0. The van der Waals surface area contributed by atoms with E-state index >= 15 is 0 Å². The monoisotopic (exact) mass is 255 g/mol. The minimum Gasteiger partial charge on any atom is -0.387 e. The van der Waals surface area contributed by atoms with Crippen LogP contribution >= 0.6 is 0 Å². The van der Waals surface area contributed by atoms with Gasteiger partial charge in [-0.2, -0.15) is 0 Å². The van der Waals surface area contributed by atoms with Crippen molar-refractivity contribution >= 4 is 0 Å². The average Bonchev–Trinajstić information content (AvgIpc) is 2.34. The standard InChI is InChI=1S/C14H22FNO2/c1-11(2)10-18-8-7-16-9-14(17)12-3-5-13(15)6-4-12/h3-6,11,14,16-17H,7-10H2,1-2H3. The summed E-state index contributed by atoms with van der Waals surface area (Å²) >= 11 is 0. The molecule has 0 amide bonds. The summed E-state index contributed by atoms with van der Waals surface area (Å²) in [5.74, 6) is 0.246. The molecule has 2 N–H and O–H groups in total. The number of rotatable bonds is 8. The Morgan fingerprint density at radius 3 is 2.56 bits per heavy atom. The van der Waals surface area contributed by atoms with Gasteiger partial charge in [0, 0.05) is 19.7 Å². The van der Waals surface area contributed by atoms with Crippen molar-refractivity contribution in [1.82, 2.24) is 5.32 Å². The summed E-state index contributed by atoms with van der Waals surface area (Å²) in [5.41, 5.74) is 0.715. The largest absolute Gasteiger partial charge is 0.387 e. The lowest BCUT2D eigenvalue weighted by molar-refractivity contribution is 0.107. The van der Waals surface area contributed by atoms with Crippen LogP contribution in [0.25, 0.3) is 0 Å². The normalized spacial score (nSPS) is 12.9. The Balaban J connectivity index is 2.13. The zero-order chi connectivity index (χ0) is 13.4. The van der Waals surface area contributed by atoms with Gasteiger partial charge in [-0.25, -0.2) is 4.39 Å². The van der Waals surface area contributed by atoms with Crippen molar-refractivity contribution in [2.45, 2.75) is 20.0 Å². The molecule has 3 nitrogen and oxygen atoms in total. The van der Waals surface area contributed by atoms with Crippen LogP contribution in [0, 0.1) is 11.7 Å². The lowest BCUT2D eigenvalue weighted by Crippen LogP contribution is -2.25. The van der Waals surface area contributed by atoms with Gasteiger partial charge in [0.05, 0.1) is 12.7 Å². The van der Waals surface area contributed by atoms with Crippen molar-refractivity contribution in [2.24, 2.45) is 5.92 Å². The van der Waals surface area contributed by atoms with E-state index in [1.165, 1.54) is 12.1 Å². The van der Waals surface area contributed by atoms with Crippen molar-refractivity contribution in [3.63, 3.8) is 0 Å². The van der Waals surface area contributed by atoms with E-state index < -0.39 is 6.10 Å². The molecule has 0 fully saturated rings. The summed E-state index contributed by atoms with van der Waals surface area (Å²) in [6, 6.07) is 5.89. The van der Waals surface area contributed by atoms with Gasteiger partial charge in [0.15, 0.2) is 0 Å². The van der Waals surface area contributed by atoms with E-state index in [4.69, 9.17) is 4.74 Å². The first kappa shape index (κ1) is 15.1. The minimum atomic E-state index is -0.615. The molecule has 0 aromatic heterocycles. The quantitative estimate of drug-likeness (QED) is 0.699. The second-order valence-corrected chi connectivity index (χ2v) is 4.74. The molecule has 0 bridgehead atoms. The molecular formula is C14H22FNO2. The van der Waals surface area contributed by atoms with Gasteiger partial charge < -0.3 is 15.2 Å². The van der Waals surface area contributed by atoms with Gasteiger partial charge in [-0.3, -0.25) is 0 Å². The molecule has 0 aliphatic heterocycles. The number of hydrogen-bond acceptors (Lipinski definition) is 3. The summed E-state index contributed by atoms with van der Waals surface area (Å²) in [4.78, 5) is 0. The molecular weight excluding hydrogens is 233 g/mol. The predicted octanol–water partition coefficient (Wildman–Crippen LogP) is 2.12. The van der Waals surface area contributed by atoms with Crippen LogP contribution in [0.3, 0.4) is 0 Å². The predicted molar refractivity (Wildman–Crippen MR) is 69.9 cm³/mol. The highest BCUT2D eigenvalue weighted by Gasteiger charge is 2.06. The van der Waals surface area contributed by atoms with Crippen molar-refractivity contribution < 1.29 is 14.2 Å². The Hall–Kier alpha value is -0.970. The Morgan fingerprint density at radius 2 is 1.94 bits per heavy atom. The maximum atomic E-state index is 12.7. The van der Waals surface area contributed by atoms with E-state index in [1.807, 2.05) is 0 Å². The number of aliphatic hydroxyl groups is 1. The summed E-state index contributed by atoms with van der Waals surface area (Å²) in [6.07, 6.45) is -0.615. The van der Waals surface area contributed by atoms with Crippen LogP contribution in [-0.4, -0.2) is 31.4 Å². The number of hydrogen-bond donors (Lipinski definition) is 2. The Kier molecular flexibility index (Phi) is 6.86. The van der Waals surface area contributed by atoms with E-state index in [2.05, 4.69) is 19.2 Å². The third-order valence-electron chi connectivity index (χ3n) is 2.47. The van der Waals surface area contributed by atoms with E-state index in [1.54, 1.807) is 12.1 Å². The number of benzene rings is 1. The molecule has 1 atom stereocenters. The van der Waals surface area contributed by atoms with Gasteiger partial charge in [0.1, 0.15) is 5.82 Å². The van der Waals surface area contributed by atoms with Gasteiger partial charge >= 0.3 is 0 Å². The molecule has 0 saturated heterocycles. The maximum absolute atomic E-state index is 12.7. The molecule has 1 rings (SSSR count). The first-order valence-electron chi connectivity index (χ1n) is 6.31. The highest BCUT2D eigenvalue weighted by atomic mass is 19.1. The van der Waals surface area contributed by atoms with E-state index in [0.717, 1.165) is 6.61 Å².